The summed E-state index contributed by atoms with van der Waals surface area (Å²) in [6.07, 6.45) is 0. The van der Waals surface area contributed by atoms with Crippen LogP contribution in [0.3, 0.4) is 0 Å². The zero-order valence-corrected chi connectivity index (χ0v) is 8.66. The van der Waals surface area contributed by atoms with Gasteiger partial charge in [-0.25, -0.2) is 9.18 Å². The number of carbonyl (C=O) groups is 2. The zero-order valence-electron chi connectivity index (χ0n) is 8.66. The van der Waals surface area contributed by atoms with Gasteiger partial charge in [0, 0.05) is 0 Å². The SMILES string of the molecule is C[C@H](NC(N)=O)C(=O)Nc1ccccc1F. The number of benzene rings is 1. The van der Waals surface area contributed by atoms with Crippen LogP contribution in [0.5, 0.6) is 0 Å². The first-order valence-corrected chi connectivity index (χ1v) is 4.62. The fraction of sp³-hybridized carbons (Fsp3) is 0.200. The molecule has 1 rings (SSSR count). The molecule has 6 heteroatoms. The minimum Gasteiger partial charge on any atom is -0.352 e. The van der Waals surface area contributed by atoms with Crippen LogP contribution in [0.25, 0.3) is 0 Å². The number of amides is 3. The van der Waals surface area contributed by atoms with Crippen molar-refractivity contribution in [3.05, 3.63) is 30.1 Å². The molecular weight excluding hydrogens is 213 g/mol. The standard InChI is InChI=1S/C10H12FN3O2/c1-6(13-10(12)16)9(15)14-8-5-3-2-4-7(8)11/h2-6H,1H3,(H,14,15)(H3,12,13,16)/t6-/m0/s1. The molecule has 0 bridgehead atoms. The molecule has 4 N–H and O–H groups in total. The van der Waals surface area contributed by atoms with E-state index in [1.165, 1.54) is 25.1 Å². The van der Waals surface area contributed by atoms with Crippen LogP contribution in [-0.2, 0) is 4.79 Å². The summed E-state index contributed by atoms with van der Waals surface area (Å²) < 4.78 is 13.1. The molecule has 5 nitrogen and oxygen atoms in total. The third kappa shape index (κ3) is 3.23. The minimum absolute atomic E-state index is 0.0608. The van der Waals surface area contributed by atoms with E-state index in [0.29, 0.717) is 0 Å². The van der Waals surface area contributed by atoms with Crippen LogP contribution in [0.1, 0.15) is 6.92 Å². The molecule has 0 radical (unpaired) electrons. The van der Waals surface area contributed by atoms with Gasteiger partial charge < -0.3 is 16.4 Å². The van der Waals surface area contributed by atoms with Gasteiger partial charge in [0.25, 0.3) is 0 Å². The maximum atomic E-state index is 13.1. The second-order valence-electron chi connectivity index (χ2n) is 3.20. The van der Waals surface area contributed by atoms with Crippen molar-refractivity contribution in [2.24, 2.45) is 5.73 Å². The van der Waals surface area contributed by atoms with E-state index in [0.717, 1.165) is 0 Å². The van der Waals surface area contributed by atoms with Crippen LogP contribution >= 0.6 is 0 Å². The lowest BCUT2D eigenvalue weighted by atomic mass is 10.2. The van der Waals surface area contributed by atoms with Gasteiger partial charge in [0.1, 0.15) is 11.9 Å². The number of nitrogens with one attached hydrogen (secondary N) is 2. The Kier molecular flexibility index (Phi) is 3.82. The van der Waals surface area contributed by atoms with E-state index in [1.807, 2.05) is 0 Å². The molecule has 0 saturated heterocycles. The van der Waals surface area contributed by atoms with E-state index in [1.54, 1.807) is 6.07 Å². The largest absolute Gasteiger partial charge is 0.352 e. The number of hydrogen-bond acceptors (Lipinski definition) is 2. The third-order valence-corrected chi connectivity index (χ3v) is 1.88. The number of hydrogen-bond donors (Lipinski definition) is 3. The van der Waals surface area contributed by atoms with Gasteiger partial charge in [-0.15, -0.1) is 0 Å². The van der Waals surface area contributed by atoms with Gasteiger partial charge in [0.2, 0.25) is 5.91 Å². The van der Waals surface area contributed by atoms with Crippen molar-refractivity contribution in [2.45, 2.75) is 13.0 Å². The number of nitrogens with two attached hydrogens (primary N) is 1. The van der Waals surface area contributed by atoms with Crippen molar-refractivity contribution in [1.82, 2.24) is 5.32 Å². The Balaban J connectivity index is 2.64. The Hall–Kier alpha value is -2.11. The second-order valence-corrected chi connectivity index (χ2v) is 3.20. The minimum atomic E-state index is -0.822. The lowest BCUT2D eigenvalue weighted by Gasteiger charge is -2.12. The van der Waals surface area contributed by atoms with Crippen molar-refractivity contribution < 1.29 is 14.0 Å². The summed E-state index contributed by atoms with van der Waals surface area (Å²) in [5.74, 6) is -1.08. The van der Waals surface area contributed by atoms with Gasteiger partial charge in [-0.1, -0.05) is 12.1 Å². The molecule has 0 heterocycles. The average Bonchev–Trinajstić information content (AvgIpc) is 2.20. The Labute approximate surface area is 91.8 Å². The number of anilines is 1. The predicted molar refractivity (Wildman–Crippen MR) is 57.2 cm³/mol. The highest BCUT2D eigenvalue weighted by molar-refractivity contribution is 5.96. The lowest BCUT2D eigenvalue weighted by molar-refractivity contribution is -0.117. The van der Waals surface area contributed by atoms with Crippen molar-refractivity contribution in [1.29, 1.82) is 0 Å². The molecule has 0 aliphatic carbocycles. The van der Waals surface area contributed by atoms with E-state index in [2.05, 4.69) is 10.6 Å². The van der Waals surface area contributed by atoms with Crippen molar-refractivity contribution in [3.8, 4) is 0 Å². The Morgan fingerprint density at radius 1 is 1.38 bits per heavy atom. The van der Waals surface area contributed by atoms with Crippen LogP contribution in [0, 0.1) is 5.82 Å². The molecule has 0 spiro atoms. The van der Waals surface area contributed by atoms with Gasteiger partial charge in [-0.2, -0.15) is 0 Å². The van der Waals surface area contributed by atoms with Crippen molar-refractivity contribution in [3.63, 3.8) is 0 Å². The Morgan fingerprint density at radius 2 is 2.00 bits per heavy atom. The average molecular weight is 225 g/mol. The molecule has 86 valence electrons. The van der Waals surface area contributed by atoms with Gasteiger partial charge in [0.05, 0.1) is 5.69 Å². The smallest absolute Gasteiger partial charge is 0.312 e. The molecule has 1 atom stereocenters. The first-order chi connectivity index (χ1) is 7.50. The first kappa shape index (κ1) is 12.0. The van der Waals surface area contributed by atoms with Crippen LogP contribution in [0.2, 0.25) is 0 Å². The maximum absolute atomic E-state index is 13.1. The Morgan fingerprint density at radius 3 is 2.56 bits per heavy atom. The summed E-state index contributed by atoms with van der Waals surface area (Å²) in [6.45, 7) is 1.45. The van der Waals surface area contributed by atoms with Crippen molar-refractivity contribution in [2.75, 3.05) is 5.32 Å². The number of para-hydroxylation sites is 1. The van der Waals surface area contributed by atoms with Gasteiger partial charge in [0.15, 0.2) is 0 Å². The van der Waals surface area contributed by atoms with Crippen molar-refractivity contribution >= 4 is 17.6 Å². The lowest BCUT2D eigenvalue weighted by Crippen LogP contribution is -2.44. The summed E-state index contributed by atoms with van der Waals surface area (Å²) in [5.41, 5.74) is 4.91. The number of primary amides is 1. The van der Waals surface area contributed by atoms with E-state index >= 15 is 0 Å². The van der Waals surface area contributed by atoms with Crippen LogP contribution in [-0.4, -0.2) is 18.0 Å². The van der Waals surface area contributed by atoms with Crippen LogP contribution in [0.4, 0.5) is 14.9 Å². The highest BCUT2D eigenvalue weighted by atomic mass is 19.1. The number of rotatable bonds is 3. The molecular formula is C10H12FN3O2. The topological polar surface area (TPSA) is 84.2 Å². The van der Waals surface area contributed by atoms with Gasteiger partial charge >= 0.3 is 6.03 Å². The molecule has 0 aliphatic rings. The van der Waals surface area contributed by atoms with Crippen LogP contribution < -0.4 is 16.4 Å². The second kappa shape index (κ2) is 5.11. The molecule has 0 aliphatic heterocycles. The van der Waals surface area contributed by atoms with E-state index < -0.39 is 23.8 Å². The number of carbonyl (C=O) groups excluding carboxylic acids is 2. The number of urea groups is 1. The first-order valence-electron chi connectivity index (χ1n) is 4.62. The Bertz CT molecular complexity index is 409. The highest BCUT2D eigenvalue weighted by Gasteiger charge is 2.15. The molecule has 1 aromatic carbocycles. The van der Waals surface area contributed by atoms with Gasteiger partial charge in [-0.3, -0.25) is 4.79 Å². The molecule has 0 fully saturated rings. The monoisotopic (exact) mass is 225 g/mol. The fourth-order valence-electron chi connectivity index (χ4n) is 1.08. The van der Waals surface area contributed by atoms with Gasteiger partial charge in [-0.05, 0) is 19.1 Å². The molecule has 0 unspecified atom stereocenters. The zero-order chi connectivity index (χ0) is 12.1. The molecule has 3 amide bonds. The summed E-state index contributed by atoms with van der Waals surface area (Å²) in [6, 6.07) is 4.11. The molecule has 0 saturated carbocycles. The summed E-state index contributed by atoms with van der Waals surface area (Å²) >= 11 is 0. The van der Waals surface area contributed by atoms with E-state index in [9.17, 15) is 14.0 Å². The van der Waals surface area contributed by atoms with E-state index in [4.69, 9.17) is 5.73 Å². The molecule has 16 heavy (non-hydrogen) atoms. The predicted octanol–water partition coefficient (Wildman–Crippen LogP) is 0.821. The number of halogens is 1. The maximum Gasteiger partial charge on any atom is 0.312 e. The normalized spacial score (nSPS) is 11.6. The summed E-state index contributed by atoms with van der Waals surface area (Å²) in [5, 5.41) is 4.52. The summed E-state index contributed by atoms with van der Waals surface area (Å²) in [4.78, 5) is 21.9. The molecule has 1 aromatic rings. The van der Waals surface area contributed by atoms with Crippen LogP contribution in [0.15, 0.2) is 24.3 Å². The third-order valence-electron chi connectivity index (χ3n) is 1.88. The molecule has 0 aromatic heterocycles. The van der Waals surface area contributed by atoms with E-state index in [-0.39, 0.29) is 5.69 Å². The fourth-order valence-corrected chi connectivity index (χ4v) is 1.08. The summed E-state index contributed by atoms with van der Waals surface area (Å²) in [7, 11) is 0. The highest BCUT2D eigenvalue weighted by Crippen LogP contribution is 2.12. The quantitative estimate of drug-likeness (QED) is 0.711.